The Labute approximate surface area is 145 Å². The highest BCUT2D eigenvalue weighted by Crippen LogP contribution is 2.30. The van der Waals surface area contributed by atoms with Gasteiger partial charge in [-0.3, -0.25) is 4.98 Å². The molecule has 1 aromatic heterocycles. The maximum Gasteiger partial charge on any atom is 0.410 e. The van der Waals surface area contributed by atoms with Gasteiger partial charge in [-0.15, -0.1) is 0 Å². The van der Waals surface area contributed by atoms with Crippen molar-refractivity contribution in [2.75, 3.05) is 13.1 Å². The van der Waals surface area contributed by atoms with E-state index >= 15 is 0 Å². The first-order valence-electron chi connectivity index (χ1n) is 8.71. The molecule has 0 aliphatic carbocycles. The van der Waals surface area contributed by atoms with E-state index in [2.05, 4.69) is 24.1 Å². The van der Waals surface area contributed by atoms with E-state index in [0.717, 1.165) is 30.9 Å². The van der Waals surface area contributed by atoms with Gasteiger partial charge in [0.15, 0.2) is 0 Å². The van der Waals surface area contributed by atoms with E-state index in [4.69, 9.17) is 4.74 Å². The predicted molar refractivity (Wildman–Crippen MR) is 95.8 cm³/mol. The van der Waals surface area contributed by atoms with Crippen molar-refractivity contribution in [2.24, 2.45) is 5.41 Å². The zero-order valence-corrected chi connectivity index (χ0v) is 15.8. The van der Waals surface area contributed by atoms with Crippen molar-refractivity contribution in [3.8, 4) is 0 Å². The molecule has 0 aromatic carbocycles. The summed E-state index contributed by atoms with van der Waals surface area (Å²) in [6, 6.07) is 6.43. The summed E-state index contributed by atoms with van der Waals surface area (Å²) < 4.78 is 5.50. The second-order valence-electron chi connectivity index (χ2n) is 8.38. The number of amides is 1. The maximum atomic E-state index is 12.3. The van der Waals surface area contributed by atoms with E-state index in [9.17, 15) is 4.79 Å². The van der Waals surface area contributed by atoms with Crippen molar-refractivity contribution in [1.82, 2.24) is 15.2 Å². The van der Waals surface area contributed by atoms with Crippen LogP contribution >= 0.6 is 0 Å². The summed E-state index contributed by atoms with van der Waals surface area (Å²) in [5, 5.41) is 3.62. The van der Waals surface area contributed by atoms with Gasteiger partial charge in [-0.1, -0.05) is 19.9 Å². The van der Waals surface area contributed by atoms with Gasteiger partial charge in [0.1, 0.15) is 5.60 Å². The molecule has 2 rings (SSSR count). The number of rotatable bonds is 3. The van der Waals surface area contributed by atoms with E-state index in [1.165, 1.54) is 0 Å². The van der Waals surface area contributed by atoms with Gasteiger partial charge >= 0.3 is 6.09 Å². The predicted octanol–water partition coefficient (Wildman–Crippen LogP) is 3.52. The van der Waals surface area contributed by atoms with Crippen molar-refractivity contribution < 1.29 is 9.53 Å². The number of likely N-dealkylation sites (tertiary alicyclic amines) is 1. The van der Waals surface area contributed by atoms with E-state index in [1.54, 1.807) is 0 Å². The van der Waals surface area contributed by atoms with Crippen LogP contribution < -0.4 is 5.32 Å². The van der Waals surface area contributed by atoms with Crippen LogP contribution in [-0.2, 0) is 11.3 Å². The maximum absolute atomic E-state index is 12.3. The molecule has 1 atom stereocenters. The lowest BCUT2D eigenvalue weighted by Crippen LogP contribution is -2.56. The SMILES string of the molecule is Cc1cccc(CNC2CCN(C(=O)OC(C)(C)C)CC2(C)C)n1. The second-order valence-corrected chi connectivity index (χ2v) is 8.38. The molecular formula is C19H31N3O2. The molecule has 5 nitrogen and oxygen atoms in total. The highest BCUT2D eigenvalue weighted by molar-refractivity contribution is 5.68. The van der Waals surface area contributed by atoms with Gasteiger partial charge < -0.3 is 15.0 Å². The summed E-state index contributed by atoms with van der Waals surface area (Å²) in [6.45, 7) is 14.3. The highest BCUT2D eigenvalue weighted by atomic mass is 16.6. The average molecular weight is 333 g/mol. The van der Waals surface area contributed by atoms with Crippen LogP contribution in [0, 0.1) is 12.3 Å². The summed E-state index contributed by atoms with van der Waals surface area (Å²) in [5.41, 5.74) is 1.63. The number of nitrogens with one attached hydrogen (secondary N) is 1. The molecule has 2 heterocycles. The Morgan fingerprint density at radius 1 is 1.42 bits per heavy atom. The molecule has 134 valence electrons. The zero-order chi connectivity index (χ0) is 18.0. The largest absolute Gasteiger partial charge is 0.444 e. The van der Waals surface area contributed by atoms with Crippen LogP contribution in [0.25, 0.3) is 0 Å². The highest BCUT2D eigenvalue weighted by Gasteiger charge is 2.38. The van der Waals surface area contributed by atoms with Gasteiger partial charge in [0.05, 0.1) is 5.69 Å². The number of ether oxygens (including phenoxy) is 1. The summed E-state index contributed by atoms with van der Waals surface area (Å²) >= 11 is 0. The first kappa shape index (κ1) is 18.7. The Hall–Kier alpha value is -1.62. The molecule has 1 aromatic rings. The molecular weight excluding hydrogens is 302 g/mol. The number of hydrogen-bond donors (Lipinski definition) is 1. The molecule has 5 heteroatoms. The van der Waals surface area contributed by atoms with Crippen molar-refractivity contribution >= 4 is 6.09 Å². The van der Waals surface area contributed by atoms with Crippen molar-refractivity contribution in [2.45, 2.75) is 66.2 Å². The Balaban J connectivity index is 1.92. The fourth-order valence-electron chi connectivity index (χ4n) is 3.14. The van der Waals surface area contributed by atoms with Crippen molar-refractivity contribution in [1.29, 1.82) is 0 Å². The number of carbonyl (C=O) groups is 1. The van der Waals surface area contributed by atoms with Crippen LogP contribution in [0.2, 0.25) is 0 Å². The molecule has 0 saturated carbocycles. The number of aryl methyl sites for hydroxylation is 1. The lowest BCUT2D eigenvalue weighted by molar-refractivity contribution is 0.00204. The number of pyridine rings is 1. The van der Waals surface area contributed by atoms with Gasteiger partial charge in [0.2, 0.25) is 0 Å². The monoisotopic (exact) mass is 333 g/mol. The molecule has 1 aliphatic rings. The molecule has 1 saturated heterocycles. The second kappa shape index (κ2) is 7.09. The van der Waals surface area contributed by atoms with Gasteiger partial charge in [-0.05, 0) is 51.7 Å². The van der Waals surface area contributed by atoms with Crippen LogP contribution in [-0.4, -0.2) is 40.7 Å². The van der Waals surface area contributed by atoms with Crippen LogP contribution in [0.5, 0.6) is 0 Å². The summed E-state index contributed by atoms with van der Waals surface area (Å²) in [6.07, 6.45) is 0.701. The fourth-order valence-corrected chi connectivity index (χ4v) is 3.14. The lowest BCUT2D eigenvalue weighted by atomic mass is 9.79. The van der Waals surface area contributed by atoms with Gasteiger partial charge in [-0.25, -0.2) is 4.79 Å². The van der Waals surface area contributed by atoms with Crippen LogP contribution in [0.3, 0.4) is 0 Å². The Morgan fingerprint density at radius 2 is 2.12 bits per heavy atom. The molecule has 0 bridgehead atoms. The molecule has 24 heavy (non-hydrogen) atoms. The van der Waals surface area contributed by atoms with Crippen molar-refractivity contribution in [3.05, 3.63) is 29.6 Å². The third kappa shape index (κ3) is 5.20. The smallest absolute Gasteiger partial charge is 0.410 e. The Kier molecular flexibility index (Phi) is 5.53. The Morgan fingerprint density at radius 3 is 2.71 bits per heavy atom. The lowest BCUT2D eigenvalue weighted by Gasteiger charge is -2.44. The molecule has 1 amide bonds. The molecule has 1 fully saturated rings. The fraction of sp³-hybridized carbons (Fsp3) is 0.684. The van der Waals surface area contributed by atoms with E-state index in [-0.39, 0.29) is 11.5 Å². The minimum absolute atomic E-state index is 0.0149. The molecule has 1 N–H and O–H groups in total. The zero-order valence-electron chi connectivity index (χ0n) is 15.8. The number of piperidine rings is 1. The normalized spacial score (nSPS) is 20.8. The minimum Gasteiger partial charge on any atom is -0.444 e. The van der Waals surface area contributed by atoms with E-state index in [1.807, 2.05) is 50.8 Å². The van der Waals surface area contributed by atoms with Gasteiger partial charge in [0.25, 0.3) is 0 Å². The minimum atomic E-state index is -0.451. The molecule has 0 radical (unpaired) electrons. The number of nitrogens with zero attached hydrogens (tertiary/aromatic N) is 2. The number of aromatic nitrogens is 1. The number of carbonyl (C=O) groups excluding carboxylic acids is 1. The third-order valence-electron chi connectivity index (χ3n) is 4.36. The van der Waals surface area contributed by atoms with E-state index < -0.39 is 5.60 Å². The average Bonchev–Trinajstić information content (AvgIpc) is 2.43. The van der Waals surface area contributed by atoms with E-state index in [0.29, 0.717) is 12.6 Å². The quantitative estimate of drug-likeness (QED) is 0.919. The molecule has 1 unspecified atom stereocenters. The molecule has 1 aliphatic heterocycles. The third-order valence-corrected chi connectivity index (χ3v) is 4.36. The first-order chi connectivity index (χ1) is 11.1. The Bertz CT molecular complexity index is 578. The summed E-state index contributed by atoms with van der Waals surface area (Å²) in [5.74, 6) is 0. The van der Waals surface area contributed by atoms with Crippen molar-refractivity contribution in [3.63, 3.8) is 0 Å². The van der Waals surface area contributed by atoms with Gasteiger partial charge in [0, 0.05) is 31.4 Å². The first-order valence-corrected chi connectivity index (χ1v) is 8.71. The number of hydrogen-bond acceptors (Lipinski definition) is 4. The standard InChI is InChI=1S/C19H31N3O2/c1-14-8-7-9-15(21-14)12-20-16-10-11-22(13-19(16,5)6)17(23)24-18(2,3)4/h7-9,16,20H,10-13H2,1-6H3. The van der Waals surface area contributed by atoms with Crippen LogP contribution in [0.4, 0.5) is 4.79 Å². The van der Waals surface area contributed by atoms with Gasteiger partial charge in [-0.2, -0.15) is 0 Å². The van der Waals surface area contributed by atoms with Crippen LogP contribution in [0.15, 0.2) is 18.2 Å². The van der Waals surface area contributed by atoms with Crippen LogP contribution in [0.1, 0.15) is 52.4 Å². The topological polar surface area (TPSA) is 54.5 Å². The molecule has 0 spiro atoms. The summed E-state index contributed by atoms with van der Waals surface area (Å²) in [7, 11) is 0. The summed E-state index contributed by atoms with van der Waals surface area (Å²) in [4.78, 5) is 18.7.